The van der Waals surface area contributed by atoms with E-state index >= 15 is 0 Å². The minimum Gasteiger partial charge on any atom is -0.481 e. The number of amides is 2. The molecule has 0 fully saturated rings. The number of carbonyl (C=O) groups is 2. The van der Waals surface area contributed by atoms with Crippen molar-refractivity contribution in [1.82, 2.24) is 10.6 Å². The summed E-state index contributed by atoms with van der Waals surface area (Å²) in [6.45, 7) is 9.48. The largest absolute Gasteiger partial charge is 0.481 e. The van der Waals surface area contributed by atoms with Gasteiger partial charge in [-0.1, -0.05) is 35.4 Å². The number of hydrogen-bond donors (Lipinski definition) is 2. The van der Waals surface area contributed by atoms with Gasteiger partial charge < -0.3 is 20.1 Å². The molecule has 0 aliphatic heterocycles. The highest BCUT2D eigenvalue weighted by atomic mass is 16.5. The summed E-state index contributed by atoms with van der Waals surface area (Å²) in [5.41, 5.74) is 2.25. The summed E-state index contributed by atoms with van der Waals surface area (Å²) in [5.74, 6) is 0.801. The van der Waals surface area contributed by atoms with Gasteiger partial charge in [-0.15, -0.1) is 0 Å². The van der Waals surface area contributed by atoms with Crippen molar-refractivity contribution < 1.29 is 19.1 Å². The van der Waals surface area contributed by atoms with E-state index in [0.29, 0.717) is 18.0 Å². The summed E-state index contributed by atoms with van der Waals surface area (Å²) >= 11 is 0. The summed E-state index contributed by atoms with van der Waals surface area (Å²) in [6, 6.07) is 14.8. The summed E-state index contributed by atoms with van der Waals surface area (Å²) in [6.07, 6.45) is -1.27. The third-order valence-corrected chi connectivity index (χ3v) is 4.38. The number of carbonyl (C=O) groups excluding carboxylic acids is 2. The average Bonchev–Trinajstić information content (AvgIpc) is 2.69. The third-order valence-electron chi connectivity index (χ3n) is 4.38. The van der Waals surface area contributed by atoms with Crippen LogP contribution in [-0.4, -0.2) is 36.6 Å². The van der Waals surface area contributed by atoms with Gasteiger partial charge in [0.05, 0.1) is 0 Å². The Balaban J connectivity index is 1.73. The van der Waals surface area contributed by atoms with E-state index < -0.39 is 12.2 Å². The van der Waals surface area contributed by atoms with Gasteiger partial charge in [0, 0.05) is 12.6 Å². The summed E-state index contributed by atoms with van der Waals surface area (Å²) in [5, 5.41) is 5.64. The maximum Gasteiger partial charge on any atom is 0.261 e. The lowest BCUT2D eigenvalue weighted by atomic mass is 10.2. The molecule has 2 amide bonds. The molecule has 2 aromatic rings. The molecule has 0 saturated carbocycles. The molecule has 0 bridgehead atoms. The number of hydrogen-bond acceptors (Lipinski definition) is 4. The second-order valence-electron chi connectivity index (χ2n) is 7.30. The molecule has 0 aliphatic rings. The van der Waals surface area contributed by atoms with Crippen molar-refractivity contribution in [3.8, 4) is 11.5 Å². The van der Waals surface area contributed by atoms with Crippen molar-refractivity contribution >= 4 is 11.8 Å². The van der Waals surface area contributed by atoms with Crippen LogP contribution in [0.25, 0.3) is 0 Å². The summed E-state index contributed by atoms with van der Waals surface area (Å²) in [7, 11) is 0. The number of ether oxygens (including phenoxy) is 2. The quantitative estimate of drug-likeness (QED) is 0.680. The number of benzene rings is 2. The number of nitrogens with one attached hydrogen (secondary N) is 2. The van der Waals surface area contributed by atoms with Gasteiger partial charge in [0.15, 0.2) is 12.2 Å². The van der Waals surface area contributed by atoms with Crippen molar-refractivity contribution in [3.05, 3.63) is 59.7 Å². The Hall–Kier alpha value is -3.02. The molecule has 156 valence electrons. The number of rotatable bonds is 9. The van der Waals surface area contributed by atoms with Crippen LogP contribution in [0.5, 0.6) is 11.5 Å². The Morgan fingerprint density at radius 3 is 1.62 bits per heavy atom. The molecule has 0 aliphatic carbocycles. The van der Waals surface area contributed by atoms with Crippen molar-refractivity contribution in [2.45, 2.75) is 52.9 Å². The lowest BCUT2D eigenvalue weighted by Crippen LogP contribution is -2.48. The highest BCUT2D eigenvalue weighted by Crippen LogP contribution is 2.14. The first-order chi connectivity index (χ1) is 13.7. The van der Waals surface area contributed by atoms with E-state index in [1.807, 2.05) is 69.3 Å². The first kappa shape index (κ1) is 22.3. The Bertz CT molecular complexity index is 803. The highest BCUT2D eigenvalue weighted by Gasteiger charge is 2.19. The van der Waals surface area contributed by atoms with Crippen LogP contribution in [0.3, 0.4) is 0 Å². The second-order valence-corrected chi connectivity index (χ2v) is 7.30. The van der Waals surface area contributed by atoms with Crippen LogP contribution in [-0.2, 0) is 9.59 Å². The minimum absolute atomic E-state index is 0.240. The Labute approximate surface area is 172 Å². The Morgan fingerprint density at radius 2 is 1.17 bits per heavy atom. The molecule has 29 heavy (non-hydrogen) atoms. The van der Waals surface area contributed by atoms with E-state index in [9.17, 15) is 9.59 Å². The molecule has 0 spiro atoms. The van der Waals surface area contributed by atoms with Crippen molar-refractivity contribution in [2.75, 3.05) is 6.54 Å². The van der Waals surface area contributed by atoms with Crippen LogP contribution in [0.15, 0.2) is 48.5 Å². The minimum atomic E-state index is -0.639. The van der Waals surface area contributed by atoms with E-state index in [1.165, 1.54) is 0 Å². The van der Waals surface area contributed by atoms with Gasteiger partial charge in [-0.3, -0.25) is 9.59 Å². The molecule has 6 heteroatoms. The summed E-state index contributed by atoms with van der Waals surface area (Å²) < 4.78 is 11.3. The van der Waals surface area contributed by atoms with Crippen LogP contribution in [0.4, 0.5) is 0 Å². The Morgan fingerprint density at radius 1 is 0.759 bits per heavy atom. The van der Waals surface area contributed by atoms with Gasteiger partial charge in [0.1, 0.15) is 11.5 Å². The average molecular weight is 399 g/mol. The van der Waals surface area contributed by atoms with Gasteiger partial charge >= 0.3 is 0 Å². The molecule has 3 atom stereocenters. The smallest absolute Gasteiger partial charge is 0.261 e. The maximum atomic E-state index is 12.3. The highest BCUT2D eigenvalue weighted by molar-refractivity contribution is 5.82. The first-order valence-electron chi connectivity index (χ1n) is 9.79. The van der Waals surface area contributed by atoms with Gasteiger partial charge in [-0.2, -0.15) is 0 Å². The van der Waals surface area contributed by atoms with E-state index in [0.717, 1.165) is 11.1 Å². The van der Waals surface area contributed by atoms with Crippen molar-refractivity contribution in [3.63, 3.8) is 0 Å². The monoisotopic (exact) mass is 398 g/mol. The standard InChI is InChI=1S/C23H30N2O4/c1-15-6-10-20(11-7-15)28-18(4)22(26)24-14-17(3)25-23(27)19(5)29-21-12-8-16(2)9-13-21/h6-13,17-19H,14H2,1-5H3,(H,24,26)(H,25,27)/t17-,18-,19-/m1/s1. The lowest BCUT2D eigenvalue weighted by molar-refractivity contribution is -0.129. The SMILES string of the molecule is Cc1ccc(O[C@H](C)C(=O)NC[C@@H](C)NC(=O)[C@@H](C)Oc2ccc(C)cc2)cc1. The van der Waals surface area contributed by atoms with Gasteiger partial charge in [-0.25, -0.2) is 0 Å². The summed E-state index contributed by atoms with van der Waals surface area (Å²) in [4.78, 5) is 24.5. The van der Waals surface area contributed by atoms with Crippen LogP contribution >= 0.6 is 0 Å². The fourth-order valence-corrected chi connectivity index (χ4v) is 2.56. The molecule has 2 rings (SSSR count). The van der Waals surface area contributed by atoms with E-state index in [1.54, 1.807) is 13.8 Å². The molecule has 2 N–H and O–H groups in total. The normalized spacial score (nSPS) is 13.7. The fourth-order valence-electron chi connectivity index (χ4n) is 2.56. The van der Waals surface area contributed by atoms with Gasteiger partial charge in [0.2, 0.25) is 0 Å². The molecule has 0 heterocycles. The maximum absolute atomic E-state index is 12.3. The molecular formula is C23H30N2O4. The zero-order valence-corrected chi connectivity index (χ0v) is 17.7. The van der Waals surface area contributed by atoms with Crippen LogP contribution in [0.2, 0.25) is 0 Å². The van der Waals surface area contributed by atoms with E-state index in [2.05, 4.69) is 10.6 Å². The van der Waals surface area contributed by atoms with Crippen LogP contribution in [0, 0.1) is 13.8 Å². The van der Waals surface area contributed by atoms with Crippen molar-refractivity contribution in [2.24, 2.45) is 0 Å². The van der Waals surface area contributed by atoms with Crippen LogP contribution in [0.1, 0.15) is 31.9 Å². The molecule has 0 aromatic heterocycles. The zero-order chi connectivity index (χ0) is 21.4. The molecule has 6 nitrogen and oxygen atoms in total. The van der Waals surface area contributed by atoms with Crippen LogP contribution < -0.4 is 20.1 Å². The second kappa shape index (κ2) is 10.5. The molecule has 2 aromatic carbocycles. The molecular weight excluding hydrogens is 368 g/mol. The van der Waals surface area contributed by atoms with Gasteiger partial charge in [-0.05, 0) is 58.9 Å². The zero-order valence-electron chi connectivity index (χ0n) is 17.7. The lowest BCUT2D eigenvalue weighted by Gasteiger charge is -2.20. The fraction of sp³-hybridized carbons (Fsp3) is 0.391. The van der Waals surface area contributed by atoms with Crippen molar-refractivity contribution in [1.29, 1.82) is 0 Å². The van der Waals surface area contributed by atoms with E-state index in [4.69, 9.17) is 9.47 Å². The first-order valence-corrected chi connectivity index (χ1v) is 9.79. The Kier molecular flexibility index (Phi) is 8.07. The van der Waals surface area contributed by atoms with Gasteiger partial charge in [0.25, 0.3) is 11.8 Å². The predicted octanol–water partition coefficient (Wildman–Crippen LogP) is 3.16. The molecule has 0 unspecified atom stereocenters. The predicted molar refractivity (Wildman–Crippen MR) is 113 cm³/mol. The molecule has 0 radical (unpaired) electrons. The molecule has 0 saturated heterocycles. The third kappa shape index (κ3) is 7.49. The van der Waals surface area contributed by atoms with E-state index in [-0.39, 0.29) is 17.9 Å². The number of aryl methyl sites for hydroxylation is 2. The topological polar surface area (TPSA) is 76.7 Å².